The number of nitrogens with zero attached hydrogens (tertiary/aromatic N) is 3. The van der Waals surface area contributed by atoms with Crippen LogP contribution in [0.2, 0.25) is 10.0 Å². The first kappa shape index (κ1) is 25.5. The van der Waals surface area contributed by atoms with Gasteiger partial charge in [-0.15, -0.1) is 0 Å². The predicted octanol–water partition coefficient (Wildman–Crippen LogP) is 5.28. The molecule has 2 saturated heterocycles. The summed E-state index contributed by atoms with van der Waals surface area (Å²) < 4.78 is 26.9. The summed E-state index contributed by atoms with van der Waals surface area (Å²) in [5, 5.41) is 12.8. The van der Waals surface area contributed by atoms with E-state index in [1.807, 2.05) is 4.90 Å². The van der Waals surface area contributed by atoms with Crippen LogP contribution < -0.4 is 14.8 Å². The number of aromatic nitrogens is 2. The van der Waals surface area contributed by atoms with E-state index in [-0.39, 0.29) is 53.0 Å². The molecule has 5 rings (SSSR count). The van der Waals surface area contributed by atoms with Gasteiger partial charge < -0.3 is 24.8 Å². The molecule has 37 heavy (non-hydrogen) atoms. The van der Waals surface area contributed by atoms with E-state index < -0.39 is 5.82 Å². The fraction of sp³-hybridized carbons (Fsp3) is 0.346. The number of amides is 1. The Bertz CT molecular complexity index is 1340. The largest absolute Gasteiger partial charge is 0.487 e. The summed E-state index contributed by atoms with van der Waals surface area (Å²) >= 11 is 11.9. The second-order valence-corrected chi connectivity index (χ2v) is 9.79. The molecule has 2 aromatic carbocycles. The van der Waals surface area contributed by atoms with E-state index in [4.69, 9.17) is 32.7 Å². The summed E-state index contributed by atoms with van der Waals surface area (Å²) in [6, 6.07) is 6.59. The lowest BCUT2D eigenvalue weighted by molar-refractivity contribution is -0.131. The average molecular weight is 547 g/mol. The third-order valence-corrected chi connectivity index (χ3v) is 7.53. The molecule has 1 aromatic heterocycles. The number of halogens is 3. The lowest BCUT2D eigenvalue weighted by atomic mass is 9.99. The molecule has 2 aliphatic heterocycles. The van der Waals surface area contributed by atoms with Gasteiger partial charge in [-0.3, -0.25) is 4.79 Å². The highest BCUT2D eigenvalue weighted by atomic mass is 35.5. The summed E-state index contributed by atoms with van der Waals surface area (Å²) in [6.07, 6.45) is 5.77. The Hall–Kier alpha value is -3.14. The second-order valence-electron chi connectivity index (χ2n) is 9.00. The maximum absolute atomic E-state index is 14.7. The van der Waals surface area contributed by atoms with Crippen LogP contribution in [0.15, 0.2) is 43.2 Å². The Morgan fingerprint density at radius 1 is 1.22 bits per heavy atom. The van der Waals surface area contributed by atoms with E-state index in [9.17, 15) is 14.3 Å². The van der Waals surface area contributed by atoms with E-state index in [0.29, 0.717) is 41.1 Å². The van der Waals surface area contributed by atoms with Gasteiger partial charge in [-0.1, -0.05) is 29.8 Å². The van der Waals surface area contributed by atoms with Gasteiger partial charge in [0.2, 0.25) is 5.91 Å². The Labute approximate surface area is 223 Å². The molecule has 8 nitrogen and oxygen atoms in total. The van der Waals surface area contributed by atoms with Crippen LogP contribution >= 0.6 is 23.2 Å². The van der Waals surface area contributed by atoms with Gasteiger partial charge in [-0.2, -0.15) is 0 Å². The smallest absolute Gasteiger partial charge is 0.246 e. The Morgan fingerprint density at radius 3 is 2.68 bits per heavy atom. The minimum Gasteiger partial charge on any atom is -0.487 e. The van der Waals surface area contributed by atoms with Crippen molar-refractivity contribution in [3.63, 3.8) is 0 Å². The highest BCUT2D eigenvalue weighted by molar-refractivity contribution is 6.42. The number of carbonyl (C=O) groups excluding carboxylic acids is 1. The molecule has 194 valence electrons. The quantitative estimate of drug-likeness (QED) is 0.293. The predicted molar refractivity (Wildman–Crippen MR) is 139 cm³/mol. The number of piperidine rings is 1. The van der Waals surface area contributed by atoms with Crippen molar-refractivity contribution in [2.24, 2.45) is 0 Å². The maximum atomic E-state index is 14.7. The molecule has 2 fully saturated rings. The van der Waals surface area contributed by atoms with Crippen LogP contribution in [-0.2, 0) is 4.79 Å². The van der Waals surface area contributed by atoms with Crippen LogP contribution in [0, 0.1) is 5.82 Å². The molecule has 3 heterocycles. The number of aliphatic hydroxyl groups excluding tert-OH is 1. The lowest BCUT2D eigenvalue weighted by Crippen LogP contribution is -2.48. The van der Waals surface area contributed by atoms with Gasteiger partial charge in [-0.05, 0) is 37.1 Å². The monoisotopic (exact) mass is 546 g/mol. The van der Waals surface area contributed by atoms with Crippen molar-refractivity contribution >= 4 is 51.5 Å². The second kappa shape index (κ2) is 10.7. The summed E-state index contributed by atoms with van der Waals surface area (Å²) in [5.41, 5.74) is 0.637. The number of hydrogen-bond donors (Lipinski definition) is 2. The molecule has 3 aromatic rings. The maximum Gasteiger partial charge on any atom is 0.246 e. The Kier molecular flexibility index (Phi) is 7.37. The van der Waals surface area contributed by atoms with Crippen LogP contribution in [0.5, 0.6) is 11.5 Å². The summed E-state index contributed by atoms with van der Waals surface area (Å²) in [4.78, 5) is 22.9. The zero-order chi connectivity index (χ0) is 26.1. The number of fused-ring (bicyclic) bond motifs is 3. The van der Waals surface area contributed by atoms with Crippen molar-refractivity contribution < 1.29 is 23.8 Å². The van der Waals surface area contributed by atoms with Gasteiger partial charge in [0.05, 0.1) is 27.9 Å². The molecule has 1 unspecified atom stereocenters. The first-order chi connectivity index (χ1) is 17.9. The van der Waals surface area contributed by atoms with Crippen molar-refractivity contribution in [2.75, 3.05) is 18.5 Å². The third kappa shape index (κ3) is 5.03. The molecule has 0 saturated carbocycles. The fourth-order valence-corrected chi connectivity index (χ4v) is 5.45. The minimum absolute atomic E-state index is 0.0500. The van der Waals surface area contributed by atoms with Gasteiger partial charge >= 0.3 is 0 Å². The van der Waals surface area contributed by atoms with Gasteiger partial charge in [0.1, 0.15) is 24.9 Å². The number of rotatable bonds is 8. The molecule has 2 N–H and O–H groups in total. The molecule has 2 aliphatic rings. The molecular weight excluding hydrogens is 522 g/mol. The minimum atomic E-state index is -0.698. The van der Waals surface area contributed by atoms with Crippen LogP contribution in [0.4, 0.5) is 15.9 Å². The fourth-order valence-electron chi connectivity index (χ4n) is 5.14. The highest BCUT2D eigenvalue weighted by Crippen LogP contribution is 2.41. The molecule has 3 atom stereocenters. The summed E-state index contributed by atoms with van der Waals surface area (Å²) in [6.45, 7) is 3.53. The Morgan fingerprint density at radius 2 is 1.97 bits per heavy atom. The van der Waals surface area contributed by atoms with Crippen LogP contribution in [-0.4, -0.2) is 57.3 Å². The van der Waals surface area contributed by atoms with Crippen molar-refractivity contribution in [2.45, 2.75) is 43.9 Å². The zero-order valence-corrected chi connectivity index (χ0v) is 21.3. The van der Waals surface area contributed by atoms with Crippen molar-refractivity contribution in [3.8, 4) is 11.5 Å². The zero-order valence-electron chi connectivity index (χ0n) is 19.8. The lowest BCUT2D eigenvalue weighted by Gasteiger charge is -2.38. The van der Waals surface area contributed by atoms with Gasteiger partial charge in [0, 0.05) is 36.4 Å². The van der Waals surface area contributed by atoms with E-state index >= 15 is 0 Å². The topological polar surface area (TPSA) is 96.8 Å². The van der Waals surface area contributed by atoms with Gasteiger partial charge in [-0.25, -0.2) is 14.4 Å². The molecule has 11 heteroatoms. The van der Waals surface area contributed by atoms with Crippen LogP contribution in [0.3, 0.4) is 0 Å². The van der Waals surface area contributed by atoms with Crippen molar-refractivity contribution in [1.82, 2.24) is 14.9 Å². The number of nitrogens with one attached hydrogen (secondary N) is 1. The van der Waals surface area contributed by atoms with Crippen molar-refractivity contribution in [3.05, 3.63) is 59.1 Å². The van der Waals surface area contributed by atoms with Crippen molar-refractivity contribution in [1.29, 1.82) is 0 Å². The van der Waals surface area contributed by atoms with Crippen LogP contribution in [0.25, 0.3) is 10.9 Å². The van der Waals surface area contributed by atoms with Gasteiger partial charge in [0.15, 0.2) is 17.3 Å². The van der Waals surface area contributed by atoms with E-state index in [1.165, 1.54) is 24.5 Å². The number of carbonyl (C=O) groups is 1. The summed E-state index contributed by atoms with van der Waals surface area (Å²) in [5.74, 6) is 0.458. The molecular formula is C26H25Cl2FN4O4. The van der Waals surface area contributed by atoms with E-state index in [2.05, 4.69) is 21.9 Å². The molecule has 0 spiro atoms. The molecule has 2 bridgehead atoms. The van der Waals surface area contributed by atoms with Gasteiger partial charge in [0.25, 0.3) is 0 Å². The number of hydrogen-bond acceptors (Lipinski definition) is 7. The Balaban J connectivity index is 1.47. The standard InChI is InChI=1S/C26H25Cl2FN4O4/c1-2-23(35)33-14-3-4-15(33)10-16(9-14)37-22-11-17-20(12-21(22)36-8-7-34)30-13-31-26(17)32-19-6-5-18(27)24(28)25(19)29/h2,5-6,11-16,34H,1,3-4,7-10H2,(H,30,31,32)/t14-,15+,16?. The normalized spacial score (nSPS) is 20.6. The first-order valence-electron chi connectivity index (χ1n) is 11.9. The average Bonchev–Trinajstić information content (AvgIpc) is 3.17. The third-order valence-electron chi connectivity index (χ3n) is 6.75. The number of aliphatic hydroxyl groups is 1. The number of benzene rings is 2. The first-order valence-corrected chi connectivity index (χ1v) is 12.7. The van der Waals surface area contributed by atoms with E-state index in [0.717, 1.165) is 12.8 Å². The molecule has 0 radical (unpaired) electrons. The number of anilines is 2. The SMILES string of the molecule is C=CC(=O)N1[C@@H]2CC[C@H]1CC(Oc1cc3c(Nc4ccc(Cl)c(Cl)c4F)ncnc3cc1OCCO)C2. The highest BCUT2D eigenvalue weighted by Gasteiger charge is 2.43. The van der Waals surface area contributed by atoms with Crippen LogP contribution in [0.1, 0.15) is 25.7 Å². The molecule has 1 amide bonds. The van der Waals surface area contributed by atoms with E-state index in [1.54, 1.807) is 12.1 Å². The summed E-state index contributed by atoms with van der Waals surface area (Å²) in [7, 11) is 0. The molecule has 0 aliphatic carbocycles. The number of ether oxygens (including phenoxy) is 2.